The van der Waals surface area contributed by atoms with Gasteiger partial charge < -0.3 is 9.47 Å². The largest absolute Gasteiger partial charge is 0.489 e. The third-order valence-corrected chi connectivity index (χ3v) is 7.81. The molecule has 4 heteroatoms. The second kappa shape index (κ2) is 9.06. The molecule has 0 bridgehead atoms. The predicted molar refractivity (Wildman–Crippen MR) is 141 cm³/mol. The number of rotatable bonds is 6. The summed E-state index contributed by atoms with van der Waals surface area (Å²) < 4.78 is 26.4. The van der Waals surface area contributed by atoms with Crippen LogP contribution in [-0.4, -0.2) is 12.6 Å². The summed E-state index contributed by atoms with van der Waals surface area (Å²) >= 11 is 0. The number of carbonyl (C=O) groups is 1. The van der Waals surface area contributed by atoms with Crippen LogP contribution in [0.3, 0.4) is 0 Å². The molecule has 188 valence electrons. The zero-order valence-corrected chi connectivity index (χ0v) is 21.9. The zero-order valence-electron chi connectivity index (χ0n) is 21.9. The second-order valence-electron chi connectivity index (χ2n) is 11.4. The Hall–Kier alpha value is -3.14. The topological polar surface area (TPSA) is 35.5 Å². The molecule has 1 saturated carbocycles. The van der Waals surface area contributed by atoms with Crippen LogP contribution in [0.25, 0.3) is 11.1 Å². The van der Waals surface area contributed by atoms with E-state index in [1.165, 1.54) is 11.1 Å². The van der Waals surface area contributed by atoms with Crippen molar-refractivity contribution in [2.45, 2.75) is 71.3 Å². The van der Waals surface area contributed by atoms with Crippen LogP contribution in [0.15, 0.2) is 54.6 Å². The van der Waals surface area contributed by atoms with Gasteiger partial charge in [-0.15, -0.1) is 0 Å². The molecule has 0 unspecified atom stereocenters. The first-order valence-electron chi connectivity index (χ1n) is 12.9. The number of esters is 1. The lowest BCUT2D eigenvalue weighted by Crippen LogP contribution is -2.15. The van der Waals surface area contributed by atoms with E-state index in [-0.39, 0.29) is 28.5 Å². The predicted octanol–water partition coefficient (Wildman–Crippen LogP) is 7.44. The third-order valence-electron chi connectivity index (χ3n) is 7.81. The summed E-state index contributed by atoms with van der Waals surface area (Å²) in [5.74, 6) is 0.471. The fourth-order valence-corrected chi connectivity index (χ4v) is 5.82. The summed E-state index contributed by atoms with van der Waals surface area (Å²) in [6.07, 6.45) is 2.85. The molecule has 3 aromatic rings. The average molecular weight is 487 g/mol. The average Bonchev–Trinajstić information content (AvgIpc) is 3.47. The lowest BCUT2D eigenvalue weighted by Gasteiger charge is -2.24. The monoisotopic (exact) mass is 486 g/mol. The van der Waals surface area contributed by atoms with E-state index in [9.17, 15) is 9.18 Å². The minimum absolute atomic E-state index is 0.0364. The van der Waals surface area contributed by atoms with Gasteiger partial charge in [-0.2, -0.15) is 0 Å². The number of halogens is 1. The highest BCUT2D eigenvalue weighted by atomic mass is 19.1. The van der Waals surface area contributed by atoms with Gasteiger partial charge in [0.1, 0.15) is 18.2 Å². The summed E-state index contributed by atoms with van der Waals surface area (Å²) in [5.41, 5.74) is 7.00. The van der Waals surface area contributed by atoms with Gasteiger partial charge in [0.2, 0.25) is 0 Å². The lowest BCUT2D eigenvalue weighted by molar-refractivity contribution is -0.145. The van der Waals surface area contributed by atoms with Gasteiger partial charge in [-0.05, 0) is 96.7 Å². The number of carbonyl (C=O) groups excluding carboxylic acids is 1. The van der Waals surface area contributed by atoms with Crippen molar-refractivity contribution in [3.63, 3.8) is 0 Å². The molecule has 36 heavy (non-hydrogen) atoms. The molecular formula is C32H35FO3. The Morgan fingerprint density at radius 1 is 1.06 bits per heavy atom. The SMILES string of the molecule is CCOC(=O)[C@H]1C[C@@]12CCc1ccc(OCc3ccc(C(C)(C)C)c(-c4cc(C)ccc4F)c3)cc12. The van der Waals surface area contributed by atoms with Crippen molar-refractivity contribution in [3.8, 4) is 16.9 Å². The first-order valence-corrected chi connectivity index (χ1v) is 12.9. The molecule has 5 rings (SSSR count). The second-order valence-corrected chi connectivity index (χ2v) is 11.4. The Labute approximate surface area is 213 Å². The van der Waals surface area contributed by atoms with Crippen molar-refractivity contribution in [1.29, 1.82) is 0 Å². The minimum Gasteiger partial charge on any atom is -0.489 e. The van der Waals surface area contributed by atoms with E-state index in [0.717, 1.165) is 47.3 Å². The number of aryl methyl sites for hydroxylation is 2. The summed E-state index contributed by atoms with van der Waals surface area (Å²) in [7, 11) is 0. The molecule has 2 atom stereocenters. The quantitative estimate of drug-likeness (QED) is 0.340. The first-order chi connectivity index (χ1) is 17.1. The highest BCUT2D eigenvalue weighted by Gasteiger charge is 2.62. The maximum Gasteiger partial charge on any atom is 0.309 e. The van der Waals surface area contributed by atoms with Crippen molar-refractivity contribution in [2.24, 2.45) is 5.92 Å². The molecule has 3 nitrogen and oxygen atoms in total. The highest BCUT2D eigenvalue weighted by molar-refractivity contribution is 5.80. The van der Waals surface area contributed by atoms with Crippen molar-refractivity contribution in [3.05, 3.63) is 88.2 Å². The molecule has 0 amide bonds. The maximum atomic E-state index is 14.9. The van der Waals surface area contributed by atoms with Crippen LogP contribution >= 0.6 is 0 Å². The molecule has 0 heterocycles. The van der Waals surface area contributed by atoms with Gasteiger partial charge in [0.25, 0.3) is 0 Å². The van der Waals surface area contributed by atoms with Gasteiger partial charge >= 0.3 is 5.97 Å². The highest BCUT2D eigenvalue weighted by Crippen LogP contribution is 2.62. The minimum atomic E-state index is -0.214. The van der Waals surface area contributed by atoms with Crippen molar-refractivity contribution < 1.29 is 18.7 Å². The number of ether oxygens (including phenoxy) is 2. The zero-order chi connectivity index (χ0) is 25.7. The van der Waals surface area contributed by atoms with E-state index >= 15 is 0 Å². The standard InChI is InChI=1S/C32H35FO3/c1-6-35-30(34)28-18-32(28)14-13-22-9-10-23(17-27(22)32)36-19-21-8-11-26(31(3,4)5)24(16-21)25-15-20(2)7-12-29(25)33/h7-12,15-17,28H,6,13-14,18-19H2,1-5H3/t28-,32-/m1/s1. The Kier molecular flexibility index (Phi) is 6.18. The van der Waals surface area contributed by atoms with E-state index in [0.29, 0.717) is 18.8 Å². The van der Waals surface area contributed by atoms with Crippen LogP contribution in [0.1, 0.15) is 68.4 Å². The van der Waals surface area contributed by atoms with Crippen molar-refractivity contribution in [1.82, 2.24) is 0 Å². The van der Waals surface area contributed by atoms with Crippen LogP contribution < -0.4 is 4.74 Å². The fourth-order valence-electron chi connectivity index (χ4n) is 5.82. The van der Waals surface area contributed by atoms with Gasteiger partial charge in [-0.25, -0.2) is 4.39 Å². The molecule has 2 aliphatic carbocycles. The summed E-state index contributed by atoms with van der Waals surface area (Å²) in [6.45, 7) is 11.1. The Morgan fingerprint density at radius 2 is 1.86 bits per heavy atom. The van der Waals surface area contributed by atoms with Gasteiger partial charge in [0.05, 0.1) is 12.5 Å². The Balaban J connectivity index is 1.40. The van der Waals surface area contributed by atoms with E-state index in [2.05, 4.69) is 51.1 Å². The third kappa shape index (κ3) is 4.42. The molecule has 3 aromatic carbocycles. The number of fused-ring (bicyclic) bond motifs is 2. The van der Waals surface area contributed by atoms with Crippen LogP contribution in [-0.2, 0) is 33.4 Å². The van der Waals surface area contributed by atoms with Crippen LogP contribution in [0.4, 0.5) is 4.39 Å². The molecule has 1 spiro atoms. The van der Waals surface area contributed by atoms with Crippen molar-refractivity contribution >= 4 is 5.97 Å². The first kappa shape index (κ1) is 24.5. The van der Waals surface area contributed by atoms with Crippen LogP contribution in [0.2, 0.25) is 0 Å². The summed E-state index contributed by atoms with van der Waals surface area (Å²) in [6, 6.07) is 17.8. The van der Waals surface area contributed by atoms with E-state index in [4.69, 9.17) is 9.47 Å². The van der Waals surface area contributed by atoms with Crippen LogP contribution in [0.5, 0.6) is 5.75 Å². The molecule has 0 aromatic heterocycles. The normalized spacial score (nSPS) is 20.3. The number of benzene rings is 3. The maximum absolute atomic E-state index is 14.9. The smallest absolute Gasteiger partial charge is 0.309 e. The van der Waals surface area contributed by atoms with E-state index in [1.807, 2.05) is 26.0 Å². The summed E-state index contributed by atoms with van der Waals surface area (Å²) in [4.78, 5) is 12.4. The molecule has 1 fully saturated rings. The summed E-state index contributed by atoms with van der Waals surface area (Å²) in [5, 5.41) is 0. The van der Waals surface area contributed by atoms with E-state index in [1.54, 1.807) is 12.1 Å². The van der Waals surface area contributed by atoms with Gasteiger partial charge in [-0.3, -0.25) is 4.79 Å². The Bertz CT molecular complexity index is 1320. The molecule has 0 radical (unpaired) electrons. The lowest BCUT2D eigenvalue weighted by atomic mass is 9.81. The van der Waals surface area contributed by atoms with Gasteiger partial charge in [-0.1, -0.05) is 50.6 Å². The van der Waals surface area contributed by atoms with Crippen LogP contribution in [0, 0.1) is 18.7 Å². The number of hydrogen-bond acceptors (Lipinski definition) is 3. The van der Waals surface area contributed by atoms with Crippen molar-refractivity contribution in [2.75, 3.05) is 6.61 Å². The molecule has 0 aliphatic heterocycles. The van der Waals surface area contributed by atoms with Gasteiger partial charge in [0.15, 0.2) is 0 Å². The molecule has 2 aliphatic rings. The van der Waals surface area contributed by atoms with E-state index < -0.39 is 0 Å². The Morgan fingerprint density at radius 3 is 2.61 bits per heavy atom. The molecule has 0 saturated heterocycles. The van der Waals surface area contributed by atoms with Gasteiger partial charge in [0, 0.05) is 11.0 Å². The fraction of sp³-hybridized carbons (Fsp3) is 0.406. The molecular weight excluding hydrogens is 451 g/mol. The number of hydrogen-bond donors (Lipinski definition) is 0. The molecule has 0 N–H and O–H groups in total.